The van der Waals surface area contributed by atoms with Gasteiger partial charge < -0.3 is 4.74 Å². The number of ether oxygens (including phenoxy) is 1. The van der Waals surface area contributed by atoms with Gasteiger partial charge in [-0.1, -0.05) is 50.2 Å². The maximum Gasteiger partial charge on any atom is 0.317 e. The summed E-state index contributed by atoms with van der Waals surface area (Å²) in [6.45, 7) is 6.40. The summed E-state index contributed by atoms with van der Waals surface area (Å²) in [6.07, 6.45) is 6.58. The van der Waals surface area contributed by atoms with Crippen LogP contribution in [0.15, 0.2) is 61.1 Å². The molecule has 7 nitrogen and oxygen atoms in total. The van der Waals surface area contributed by atoms with Crippen molar-refractivity contribution in [2.75, 3.05) is 6.61 Å². The first kappa shape index (κ1) is 21.6. The number of rotatable bonds is 8. The average molecular weight is 430 g/mol. The Morgan fingerprint density at radius 2 is 1.88 bits per heavy atom. The second-order valence-corrected chi connectivity index (χ2v) is 8.16. The van der Waals surface area contributed by atoms with Crippen LogP contribution < -0.4 is 0 Å². The third kappa shape index (κ3) is 4.66. The Kier molecular flexibility index (Phi) is 6.54. The summed E-state index contributed by atoms with van der Waals surface area (Å²) in [5.41, 5.74) is 4.29. The molecule has 3 heterocycles. The molecular formula is C25H27N5O2. The molecule has 0 aliphatic heterocycles. The van der Waals surface area contributed by atoms with Crippen molar-refractivity contribution in [3.05, 3.63) is 78.1 Å². The highest BCUT2D eigenvalue weighted by molar-refractivity contribution is 5.78. The zero-order chi connectivity index (χ0) is 22.5. The highest BCUT2D eigenvalue weighted by Gasteiger charge is 2.29. The molecule has 0 spiro atoms. The number of pyridine rings is 1. The first-order valence-electron chi connectivity index (χ1n) is 10.9. The predicted octanol–water partition coefficient (Wildman–Crippen LogP) is 4.27. The second kappa shape index (κ2) is 9.68. The molecule has 0 aliphatic carbocycles. The van der Waals surface area contributed by atoms with Gasteiger partial charge in [-0.15, -0.1) is 10.2 Å². The highest BCUT2D eigenvalue weighted by atomic mass is 16.5. The highest BCUT2D eigenvalue weighted by Crippen LogP contribution is 2.26. The van der Waals surface area contributed by atoms with Gasteiger partial charge in [-0.2, -0.15) is 0 Å². The normalized spacial score (nSPS) is 12.2. The molecule has 0 aliphatic rings. The van der Waals surface area contributed by atoms with Crippen molar-refractivity contribution in [1.29, 1.82) is 0 Å². The molecule has 32 heavy (non-hydrogen) atoms. The average Bonchev–Trinajstić information content (AvgIpc) is 3.22. The number of carbonyl (C=O) groups is 1. The summed E-state index contributed by atoms with van der Waals surface area (Å²) in [6, 6.07) is 13.8. The van der Waals surface area contributed by atoms with Crippen LogP contribution in [0, 0.1) is 5.92 Å². The summed E-state index contributed by atoms with van der Waals surface area (Å²) in [7, 11) is 0. The first-order valence-corrected chi connectivity index (χ1v) is 10.9. The molecule has 0 saturated heterocycles. The molecule has 0 amide bonds. The molecule has 1 aromatic carbocycles. The molecule has 4 rings (SSSR count). The zero-order valence-corrected chi connectivity index (χ0v) is 18.6. The van der Waals surface area contributed by atoms with Crippen molar-refractivity contribution in [2.45, 2.75) is 39.5 Å². The molecule has 7 heteroatoms. The molecule has 3 aromatic heterocycles. The van der Waals surface area contributed by atoms with Gasteiger partial charge in [0.1, 0.15) is 5.92 Å². The van der Waals surface area contributed by atoms with E-state index in [1.165, 1.54) is 0 Å². The number of hydrogen-bond donors (Lipinski definition) is 0. The number of nitrogens with zero attached hydrogens (tertiary/aromatic N) is 5. The van der Waals surface area contributed by atoms with Crippen LogP contribution in [0.1, 0.15) is 43.8 Å². The van der Waals surface area contributed by atoms with E-state index >= 15 is 0 Å². The molecule has 164 valence electrons. The fourth-order valence-corrected chi connectivity index (χ4v) is 3.76. The van der Waals surface area contributed by atoms with Gasteiger partial charge in [0.25, 0.3) is 0 Å². The van der Waals surface area contributed by atoms with Crippen LogP contribution in [0.5, 0.6) is 0 Å². The molecular weight excluding hydrogens is 402 g/mol. The van der Waals surface area contributed by atoms with Crippen molar-refractivity contribution in [3.8, 4) is 11.3 Å². The third-order valence-corrected chi connectivity index (χ3v) is 5.20. The van der Waals surface area contributed by atoms with Crippen LogP contribution in [0.25, 0.3) is 16.9 Å². The Labute approximate surface area is 187 Å². The lowest BCUT2D eigenvalue weighted by Crippen LogP contribution is -2.21. The van der Waals surface area contributed by atoms with Crippen molar-refractivity contribution in [1.82, 2.24) is 24.6 Å². The number of carbonyl (C=O) groups excluding carboxylic acids is 1. The van der Waals surface area contributed by atoms with Crippen LogP contribution in [0.4, 0.5) is 0 Å². The van der Waals surface area contributed by atoms with Gasteiger partial charge in [-0.3, -0.25) is 14.2 Å². The van der Waals surface area contributed by atoms with Gasteiger partial charge in [-0.25, -0.2) is 4.98 Å². The lowest BCUT2D eigenvalue weighted by molar-refractivity contribution is -0.145. The maximum absolute atomic E-state index is 13.0. The van der Waals surface area contributed by atoms with Crippen molar-refractivity contribution >= 4 is 11.6 Å². The molecule has 0 bridgehead atoms. The number of esters is 1. The standard InChI is InChI=1S/C25H27N5O2/c1-4-32-25(31)20(14-18-9-8-12-26-15-18)23-28-29-24-21(13-17(2)3)27-22(16-30(23)24)19-10-6-5-7-11-19/h5-12,15-17,20H,4,13-14H2,1-3H3. The smallest absolute Gasteiger partial charge is 0.317 e. The van der Waals surface area contributed by atoms with Gasteiger partial charge in [0.05, 0.1) is 18.0 Å². The number of aromatic nitrogens is 5. The second-order valence-electron chi connectivity index (χ2n) is 8.16. The molecule has 0 fully saturated rings. The summed E-state index contributed by atoms with van der Waals surface area (Å²) < 4.78 is 7.31. The van der Waals surface area contributed by atoms with E-state index in [-0.39, 0.29) is 5.97 Å². The van der Waals surface area contributed by atoms with E-state index < -0.39 is 5.92 Å². The van der Waals surface area contributed by atoms with E-state index in [4.69, 9.17) is 9.72 Å². The topological polar surface area (TPSA) is 82.3 Å². The van der Waals surface area contributed by atoms with Gasteiger partial charge in [0.2, 0.25) is 0 Å². The number of benzene rings is 1. The SMILES string of the molecule is CCOC(=O)C(Cc1cccnc1)c1nnc2c(CC(C)C)nc(-c3ccccc3)cn12. The summed E-state index contributed by atoms with van der Waals surface area (Å²) in [5, 5.41) is 8.89. The molecule has 0 N–H and O–H groups in total. The van der Waals surface area contributed by atoms with Crippen molar-refractivity contribution < 1.29 is 9.53 Å². The van der Waals surface area contributed by atoms with Gasteiger partial charge in [0.15, 0.2) is 11.5 Å². The van der Waals surface area contributed by atoms with Gasteiger partial charge in [-0.05, 0) is 37.3 Å². The fourth-order valence-electron chi connectivity index (χ4n) is 3.76. The Balaban J connectivity index is 1.86. The molecule has 4 aromatic rings. The minimum Gasteiger partial charge on any atom is -0.465 e. The monoisotopic (exact) mass is 429 g/mol. The minimum absolute atomic E-state index is 0.300. The van der Waals surface area contributed by atoms with Crippen LogP contribution in [-0.2, 0) is 22.4 Å². The first-order chi connectivity index (χ1) is 15.6. The van der Waals surface area contributed by atoms with Crippen molar-refractivity contribution in [3.63, 3.8) is 0 Å². The Bertz CT molecular complexity index is 1190. The van der Waals surface area contributed by atoms with E-state index in [0.717, 1.165) is 28.9 Å². The zero-order valence-electron chi connectivity index (χ0n) is 18.6. The van der Waals surface area contributed by atoms with Crippen molar-refractivity contribution in [2.24, 2.45) is 5.92 Å². The summed E-state index contributed by atoms with van der Waals surface area (Å²) in [5.74, 6) is 0.0156. The van der Waals surface area contributed by atoms with E-state index in [1.807, 2.05) is 53.1 Å². The van der Waals surface area contributed by atoms with E-state index in [9.17, 15) is 4.79 Å². The minimum atomic E-state index is -0.605. The Morgan fingerprint density at radius 3 is 2.56 bits per heavy atom. The lowest BCUT2D eigenvalue weighted by atomic mass is 9.99. The van der Waals surface area contributed by atoms with Crippen LogP contribution in [-0.4, -0.2) is 37.1 Å². The van der Waals surface area contributed by atoms with E-state index in [0.29, 0.717) is 30.4 Å². The Hall–Kier alpha value is -3.61. The summed E-state index contributed by atoms with van der Waals surface area (Å²) in [4.78, 5) is 22.0. The van der Waals surface area contributed by atoms with E-state index in [1.54, 1.807) is 19.3 Å². The molecule has 1 unspecified atom stereocenters. The van der Waals surface area contributed by atoms with E-state index in [2.05, 4.69) is 29.0 Å². The van der Waals surface area contributed by atoms with Gasteiger partial charge in [0, 0.05) is 24.2 Å². The number of hydrogen-bond acceptors (Lipinski definition) is 6. The maximum atomic E-state index is 13.0. The van der Waals surface area contributed by atoms with Gasteiger partial charge >= 0.3 is 5.97 Å². The third-order valence-electron chi connectivity index (χ3n) is 5.20. The lowest BCUT2D eigenvalue weighted by Gasteiger charge is -2.15. The largest absolute Gasteiger partial charge is 0.465 e. The molecule has 1 atom stereocenters. The Morgan fingerprint density at radius 1 is 1.06 bits per heavy atom. The molecule has 0 saturated carbocycles. The number of fused-ring (bicyclic) bond motifs is 1. The van der Waals surface area contributed by atoms with Crippen LogP contribution in [0.3, 0.4) is 0 Å². The van der Waals surface area contributed by atoms with Crippen LogP contribution in [0.2, 0.25) is 0 Å². The van der Waals surface area contributed by atoms with Crippen LogP contribution >= 0.6 is 0 Å². The quantitative estimate of drug-likeness (QED) is 0.389. The predicted molar refractivity (Wildman–Crippen MR) is 122 cm³/mol. The fraction of sp³-hybridized carbons (Fsp3) is 0.320. The molecule has 0 radical (unpaired) electrons. The summed E-state index contributed by atoms with van der Waals surface area (Å²) >= 11 is 0.